The zero-order valence-electron chi connectivity index (χ0n) is 15.1. The number of benzene rings is 2. The summed E-state index contributed by atoms with van der Waals surface area (Å²) in [5, 5.41) is 6.28. The Bertz CT molecular complexity index is 669. The van der Waals surface area contributed by atoms with Gasteiger partial charge in [0.05, 0.1) is 0 Å². The van der Waals surface area contributed by atoms with Crippen molar-refractivity contribution in [3.05, 3.63) is 65.2 Å². The number of aryl methyl sites for hydroxylation is 1. The van der Waals surface area contributed by atoms with Crippen LogP contribution in [0.25, 0.3) is 0 Å². The minimum Gasteiger partial charge on any atom is -0.326 e. The summed E-state index contributed by atoms with van der Waals surface area (Å²) >= 11 is 0. The molecule has 0 saturated carbocycles. The Morgan fingerprint density at radius 1 is 1.00 bits per heavy atom. The minimum absolute atomic E-state index is 0.0378. The Labute approximate surface area is 145 Å². The van der Waals surface area contributed by atoms with Crippen LogP contribution < -0.4 is 10.6 Å². The summed E-state index contributed by atoms with van der Waals surface area (Å²) in [5.41, 5.74) is 4.79. The van der Waals surface area contributed by atoms with E-state index in [9.17, 15) is 4.79 Å². The summed E-state index contributed by atoms with van der Waals surface area (Å²) in [7, 11) is 0. The van der Waals surface area contributed by atoms with Gasteiger partial charge in [-0.25, -0.2) is 0 Å². The Morgan fingerprint density at radius 2 is 1.67 bits per heavy atom. The molecule has 0 heterocycles. The number of carbonyl (C=O) groups excluding carboxylic acids is 1. The van der Waals surface area contributed by atoms with Crippen LogP contribution in [0.3, 0.4) is 0 Å². The molecule has 0 aliphatic heterocycles. The molecule has 0 aliphatic carbocycles. The molecule has 0 fully saturated rings. The average Bonchev–Trinajstić information content (AvgIpc) is 2.53. The lowest BCUT2D eigenvalue weighted by Gasteiger charge is -2.19. The second kappa shape index (κ2) is 8.11. The standard InChI is InChI=1S/C21H28N2O/c1-16-7-5-6-8-17(16)15-22-14-13-20(24)23-19-11-9-18(10-12-19)21(2,3)4/h5-12,22H,13-15H2,1-4H3,(H,23,24). The van der Waals surface area contributed by atoms with Gasteiger partial charge in [0, 0.05) is 25.2 Å². The first-order chi connectivity index (χ1) is 11.4. The quantitative estimate of drug-likeness (QED) is 0.773. The topological polar surface area (TPSA) is 41.1 Å². The lowest BCUT2D eigenvalue weighted by atomic mass is 9.87. The van der Waals surface area contributed by atoms with Crippen LogP contribution >= 0.6 is 0 Å². The van der Waals surface area contributed by atoms with Crippen molar-refractivity contribution in [3.63, 3.8) is 0 Å². The SMILES string of the molecule is Cc1ccccc1CNCCC(=O)Nc1ccc(C(C)(C)C)cc1. The highest BCUT2D eigenvalue weighted by Crippen LogP contribution is 2.23. The third-order valence-corrected chi connectivity index (χ3v) is 4.14. The lowest BCUT2D eigenvalue weighted by Crippen LogP contribution is -2.21. The number of hydrogen-bond acceptors (Lipinski definition) is 2. The fraction of sp³-hybridized carbons (Fsp3) is 0.381. The fourth-order valence-corrected chi connectivity index (χ4v) is 2.51. The van der Waals surface area contributed by atoms with Crippen molar-refractivity contribution in [2.45, 2.75) is 46.1 Å². The smallest absolute Gasteiger partial charge is 0.225 e. The van der Waals surface area contributed by atoms with Crippen LogP contribution in [0.4, 0.5) is 5.69 Å². The molecule has 3 heteroatoms. The molecule has 2 aromatic rings. The van der Waals surface area contributed by atoms with Gasteiger partial charge in [0.25, 0.3) is 0 Å². The molecule has 24 heavy (non-hydrogen) atoms. The Kier molecular flexibility index (Phi) is 6.16. The molecule has 0 unspecified atom stereocenters. The first-order valence-electron chi connectivity index (χ1n) is 8.52. The average molecular weight is 324 g/mol. The van der Waals surface area contributed by atoms with Crippen molar-refractivity contribution in [3.8, 4) is 0 Å². The van der Waals surface area contributed by atoms with E-state index in [0.29, 0.717) is 13.0 Å². The Balaban J connectivity index is 1.74. The van der Waals surface area contributed by atoms with E-state index in [4.69, 9.17) is 0 Å². The summed E-state index contributed by atoms with van der Waals surface area (Å²) in [4.78, 5) is 12.0. The second-order valence-electron chi connectivity index (χ2n) is 7.23. The van der Waals surface area contributed by atoms with Crippen LogP contribution in [0.1, 0.15) is 43.9 Å². The normalized spacial score (nSPS) is 11.3. The lowest BCUT2D eigenvalue weighted by molar-refractivity contribution is -0.116. The largest absolute Gasteiger partial charge is 0.326 e. The molecular formula is C21H28N2O. The fourth-order valence-electron chi connectivity index (χ4n) is 2.51. The molecule has 0 aromatic heterocycles. The predicted octanol–water partition coefficient (Wildman–Crippen LogP) is 4.41. The molecular weight excluding hydrogens is 296 g/mol. The number of rotatable bonds is 6. The van der Waals surface area contributed by atoms with E-state index in [-0.39, 0.29) is 11.3 Å². The van der Waals surface area contributed by atoms with Gasteiger partial charge in [-0.15, -0.1) is 0 Å². The summed E-state index contributed by atoms with van der Waals surface area (Å²) in [6.45, 7) is 10.1. The summed E-state index contributed by atoms with van der Waals surface area (Å²) in [5.74, 6) is 0.0378. The number of carbonyl (C=O) groups is 1. The Hall–Kier alpha value is -2.13. The van der Waals surface area contributed by atoms with Crippen molar-refractivity contribution in [1.82, 2.24) is 5.32 Å². The summed E-state index contributed by atoms with van der Waals surface area (Å²) in [6.07, 6.45) is 0.465. The number of hydrogen-bond donors (Lipinski definition) is 2. The van der Waals surface area contributed by atoms with E-state index in [1.54, 1.807) is 0 Å². The van der Waals surface area contributed by atoms with Crippen LogP contribution in [0, 0.1) is 6.92 Å². The molecule has 128 valence electrons. The van der Waals surface area contributed by atoms with E-state index in [0.717, 1.165) is 12.2 Å². The van der Waals surface area contributed by atoms with E-state index >= 15 is 0 Å². The molecule has 2 N–H and O–H groups in total. The molecule has 0 aliphatic rings. The van der Waals surface area contributed by atoms with Crippen LogP contribution in [-0.4, -0.2) is 12.5 Å². The first kappa shape index (κ1) is 18.2. The van der Waals surface area contributed by atoms with Crippen molar-refractivity contribution >= 4 is 11.6 Å². The van der Waals surface area contributed by atoms with E-state index in [2.05, 4.69) is 62.6 Å². The van der Waals surface area contributed by atoms with E-state index < -0.39 is 0 Å². The van der Waals surface area contributed by atoms with Gasteiger partial charge in [0.15, 0.2) is 0 Å². The number of nitrogens with one attached hydrogen (secondary N) is 2. The summed E-state index contributed by atoms with van der Waals surface area (Å²) in [6, 6.07) is 16.4. The monoisotopic (exact) mass is 324 g/mol. The second-order valence-corrected chi connectivity index (χ2v) is 7.23. The zero-order valence-corrected chi connectivity index (χ0v) is 15.1. The third-order valence-electron chi connectivity index (χ3n) is 4.14. The third kappa shape index (κ3) is 5.50. The first-order valence-corrected chi connectivity index (χ1v) is 8.52. The molecule has 1 amide bonds. The Morgan fingerprint density at radius 3 is 2.29 bits per heavy atom. The highest BCUT2D eigenvalue weighted by Gasteiger charge is 2.13. The highest BCUT2D eigenvalue weighted by molar-refractivity contribution is 5.90. The van der Waals surface area contributed by atoms with Gasteiger partial charge in [0.2, 0.25) is 5.91 Å². The minimum atomic E-state index is 0.0378. The summed E-state index contributed by atoms with van der Waals surface area (Å²) < 4.78 is 0. The van der Waals surface area contributed by atoms with Crippen LogP contribution in [0.5, 0.6) is 0 Å². The van der Waals surface area contributed by atoms with Gasteiger partial charge in [-0.2, -0.15) is 0 Å². The van der Waals surface area contributed by atoms with Gasteiger partial charge in [-0.3, -0.25) is 4.79 Å². The van der Waals surface area contributed by atoms with Gasteiger partial charge in [-0.05, 0) is 41.2 Å². The molecule has 0 atom stereocenters. The van der Waals surface area contributed by atoms with Gasteiger partial charge < -0.3 is 10.6 Å². The highest BCUT2D eigenvalue weighted by atomic mass is 16.1. The predicted molar refractivity (Wildman–Crippen MR) is 101 cm³/mol. The van der Waals surface area contributed by atoms with Crippen LogP contribution in [0.15, 0.2) is 48.5 Å². The maximum absolute atomic E-state index is 12.0. The van der Waals surface area contributed by atoms with E-state index in [1.165, 1.54) is 16.7 Å². The molecule has 0 radical (unpaired) electrons. The van der Waals surface area contributed by atoms with Crippen LogP contribution in [-0.2, 0) is 16.8 Å². The van der Waals surface area contributed by atoms with Crippen molar-refractivity contribution in [2.75, 3.05) is 11.9 Å². The molecule has 0 saturated heterocycles. The maximum atomic E-state index is 12.0. The van der Waals surface area contributed by atoms with Crippen molar-refractivity contribution in [2.24, 2.45) is 0 Å². The maximum Gasteiger partial charge on any atom is 0.225 e. The molecule has 0 spiro atoms. The van der Waals surface area contributed by atoms with Gasteiger partial charge in [0.1, 0.15) is 0 Å². The number of amides is 1. The molecule has 2 aromatic carbocycles. The van der Waals surface area contributed by atoms with Crippen LogP contribution in [0.2, 0.25) is 0 Å². The molecule has 0 bridgehead atoms. The molecule has 2 rings (SSSR count). The number of anilines is 1. The molecule has 3 nitrogen and oxygen atoms in total. The van der Waals surface area contributed by atoms with Gasteiger partial charge in [-0.1, -0.05) is 57.2 Å². The van der Waals surface area contributed by atoms with Crippen molar-refractivity contribution < 1.29 is 4.79 Å². The van der Waals surface area contributed by atoms with Crippen molar-refractivity contribution in [1.29, 1.82) is 0 Å². The van der Waals surface area contributed by atoms with Gasteiger partial charge >= 0.3 is 0 Å². The van der Waals surface area contributed by atoms with E-state index in [1.807, 2.05) is 24.3 Å². The zero-order chi connectivity index (χ0) is 17.6.